The van der Waals surface area contributed by atoms with E-state index in [1.165, 1.54) is 12.8 Å². The highest BCUT2D eigenvalue weighted by Gasteiger charge is 2.38. The number of hydrogen-bond acceptors (Lipinski definition) is 6. The summed E-state index contributed by atoms with van der Waals surface area (Å²) in [7, 11) is 0. The van der Waals surface area contributed by atoms with Crippen molar-refractivity contribution < 1.29 is 9.21 Å². The number of anilines is 2. The zero-order valence-electron chi connectivity index (χ0n) is 17.8. The molecular weight excluding hydrogens is 390 g/mol. The van der Waals surface area contributed by atoms with Gasteiger partial charge in [-0.3, -0.25) is 4.79 Å². The van der Waals surface area contributed by atoms with E-state index >= 15 is 0 Å². The first-order valence-corrected chi connectivity index (χ1v) is 11.0. The minimum Gasteiger partial charge on any atom is -0.440 e. The number of nitrogens with one attached hydrogen (secondary N) is 2. The van der Waals surface area contributed by atoms with Gasteiger partial charge in [0.1, 0.15) is 0 Å². The van der Waals surface area contributed by atoms with E-state index in [0.717, 1.165) is 23.4 Å². The highest BCUT2D eigenvalue weighted by molar-refractivity contribution is 5.80. The van der Waals surface area contributed by atoms with Crippen molar-refractivity contribution in [2.24, 2.45) is 11.8 Å². The molecule has 2 fully saturated rings. The lowest BCUT2D eigenvalue weighted by Gasteiger charge is -2.31. The number of carbonyl (C=O) groups is 1. The van der Waals surface area contributed by atoms with E-state index in [2.05, 4.69) is 39.4 Å². The van der Waals surface area contributed by atoms with Gasteiger partial charge in [0.05, 0.1) is 12.1 Å². The number of piperidine rings is 1. The second-order valence-electron chi connectivity index (χ2n) is 8.80. The van der Waals surface area contributed by atoms with E-state index in [4.69, 9.17) is 4.42 Å². The molecule has 2 aliphatic rings. The van der Waals surface area contributed by atoms with E-state index in [0.29, 0.717) is 30.1 Å². The molecule has 2 aromatic heterocycles. The predicted molar refractivity (Wildman–Crippen MR) is 118 cm³/mol. The average molecular weight is 418 g/mol. The first kappa shape index (κ1) is 19.7. The Morgan fingerprint density at radius 2 is 2.03 bits per heavy atom. The summed E-state index contributed by atoms with van der Waals surface area (Å²) in [4.78, 5) is 25.9. The van der Waals surface area contributed by atoms with Gasteiger partial charge in [0.25, 0.3) is 0 Å². The molecule has 160 valence electrons. The molecule has 7 heteroatoms. The zero-order valence-corrected chi connectivity index (χ0v) is 17.8. The lowest BCUT2D eigenvalue weighted by atomic mass is 9.78. The summed E-state index contributed by atoms with van der Waals surface area (Å²) < 4.78 is 6.15. The molecule has 2 N–H and O–H groups in total. The monoisotopic (exact) mass is 417 g/mol. The number of carbonyl (C=O) groups excluding carboxylic acids is 1. The molecule has 1 saturated heterocycles. The Hall–Kier alpha value is -3.22. The summed E-state index contributed by atoms with van der Waals surface area (Å²) in [6.45, 7) is 4.80. The van der Waals surface area contributed by atoms with Gasteiger partial charge in [0, 0.05) is 41.5 Å². The topological polar surface area (TPSA) is 92.9 Å². The van der Waals surface area contributed by atoms with E-state index in [1.807, 2.05) is 30.3 Å². The van der Waals surface area contributed by atoms with Gasteiger partial charge in [-0.1, -0.05) is 26.0 Å². The van der Waals surface area contributed by atoms with Crippen LogP contribution in [-0.4, -0.2) is 27.4 Å². The van der Waals surface area contributed by atoms with Gasteiger partial charge in [-0.2, -0.15) is 0 Å². The van der Waals surface area contributed by atoms with Crippen LogP contribution in [0, 0.1) is 11.8 Å². The lowest BCUT2D eigenvalue weighted by molar-refractivity contribution is -0.129. The molecule has 1 saturated carbocycles. The van der Waals surface area contributed by atoms with E-state index < -0.39 is 0 Å². The summed E-state index contributed by atoms with van der Waals surface area (Å²) in [6, 6.07) is 9.93. The van der Waals surface area contributed by atoms with E-state index in [9.17, 15) is 4.79 Å². The number of benzene rings is 1. The van der Waals surface area contributed by atoms with Crippen LogP contribution in [0.2, 0.25) is 0 Å². The molecule has 7 nitrogen and oxygen atoms in total. The largest absolute Gasteiger partial charge is 0.440 e. The second-order valence-corrected chi connectivity index (χ2v) is 8.80. The van der Waals surface area contributed by atoms with E-state index in [-0.39, 0.29) is 23.7 Å². The van der Waals surface area contributed by atoms with Gasteiger partial charge in [-0.05, 0) is 43.4 Å². The molecule has 0 radical (unpaired) electrons. The third kappa shape index (κ3) is 4.17. The molecule has 5 rings (SSSR count). The summed E-state index contributed by atoms with van der Waals surface area (Å²) in [5, 5.41) is 6.27. The fraction of sp³-hybridized carbons (Fsp3) is 0.417. The predicted octanol–water partition coefficient (Wildman–Crippen LogP) is 4.63. The van der Waals surface area contributed by atoms with Gasteiger partial charge >= 0.3 is 0 Å². The lowest BCUT2D eigenvalue weighted by Crippen LogP contribution is -2.43. The molecule has 0 spiro atoms. The maximum Gasteiger partial charge on any atom is 0.227 e. The van der Waals surface area contributed by atoms with Crippen molar-refractivity contribution in [2.45, 2.75) is 44.9 Å². The number of hydrogen-bond donors (Lipinski definition) is 2. The van der Waals surface area contributed by atoms with Gasteiger partial charge in [0.15, 0.2) is 11.7 Å². The van der Waals surface area contributed by atoms with Crippen LogP contribution in [0.25, 0.3) is 11.3 Å². The van der Waals surface area contributed by atoms with Crippen LogP contribution in [0.5, 0.6) is 0 Å². The Kier molecular flexibility index (Phi) is 5.18. The maximum absolute atomic E-state index is 12.4. The number of aromatic nitrogens is 3. The standard InChI is InChI=1S/C24H27N5O2/c1-14(2)21-18(8-10-25-22(21)30)23-27-13-20(31-23)16-4-3-5-17(12-16)28-24-26-11-9-19(29-24)15-6-7-15/h3-5,9,11-15,18,21H,6-8,10H2,1-2H3,(H,25,30)(H,26,28,29). The minimum atomic E-state index is -0.121. The van der Waals surface area contributed by atoms with Crippen molar-refractivity contribution >= 4 is 17.5 Å². The summed E-state index contributed by atoms with van der Waals surface area (Å²) in [5.74, 6) is 2.71. The molecule has 2 atom stereocenters. The molecule has 31 heavy (non-hydrogen) atoms. The third-order valence-electron chi connectivity index (χ3n) is 6.13. The SMILES string of the molecule is CC(C)C1C(=O)NCCC1c1ncc(-c2cccc(Nc3nccc(C4CC4)n3)c2)o1. The quantitative estimate of drug-likeness (QED) is 0.607. The number of rotatable bonds is 6. The Bertz CT molecular complexity index is 1090. The van der Waals surface area contributed by atoms with Gasteiger partial charge in [-0.15, -0.1) is 0 Å². The molecule has 1 aromatic carbocycles. The van der Waals surface area contributed by atoms with Crippen molar-refractivity contribution in [3.05, 3.63) is 54.3 Å². The van der Waals surface area contributed by atoms with Crippen molar-refractivity contribution in [3.63, 3.8) is 0 Å². The van der Waals surface area contributed by atoms with Gasteiger partial charge in [0.2, 0.25) is 11.9 Å². The summed E-state index contributed by atoms with van der Waals surface area (Å²) in [5.41, 5.74) is 2.91. The van der Waals surface area contributed by atoms with Crippen LogP contribution in [0.1, 0.15) is 56.5 Å². The molecule has 3 aromatic rings. The molecule has 1 aliphatic heterocycles. The molecule has 2 unspecified atom stereocenters. The van der Waals surface area contributed by atoms with Crippen molar-refractivity contribution in [3.8, 4) is 11.3 Å². The average Bonchev–Trinajstić information content (AvgIpc) is 3.50. The highest BCUT2D eigenvalue weighted by Crippen LogP contribution is 2.39. The Labute approximate surface area is 181 Å². The van der Waals surface area contributed by atoms with Gasteiger partial charge < -0.3 is 15.1 Å². The van der Waals surface area contributed by atoms with Crippen molar-refractivity contribution in [2.75, 3.05) is 11.9 Å². The van der Waals surface area contributed by atoms with Crippen LogP contribution in [-0.2, 0) is 4.79 Å². The van der Waals surface area contributed by atoms with Crippen LogP contribution in [0.15, 0.2) is 47.1 Å². The van der Waals surface area contributed by atoms with Crippen molar-refractivity contribution in [1.82, 2.24) is 20.3 Å². The fourth-order valence-corrected chi connectivity index (χ4v) is 4.39. The Balaban J connectivity index is 1.36. The summed E-state index contributed by atoms with van der Waals surface area (Å²) in [6.07, 6.45) is 6.81. The molecule has 3 heterocycles. The Morgan fingerprint density at radius 1 is 1.16 bits per heavy atom. The number of nitrogens with zero attached hydrogens (tertiary/aromatic N) is 3. The Morgan fingerprint density at radius 3 is 2.84 bits per heavy atom. The van der Waals surface area contributed by atoms with Crippen LogP contribution in [0.3, 0.4) is 0 Å². The summed E-state index contributed by atoms with van der Waals surface area (Å²) >= 11 is 0. The molecular formula is C24H27N5O2. The van der Waals surface area contributed by atoms with Crippen molar-refractivity contribution in [1.29, 1.82) is 0 Å². The normalized spacial score (nSPS) is 21.2. The highest BCUT2D eigenvalue weighted by atomic mass is 16.4. The van der Waals surface area contributed by atoms with E-state index in [1.54, 1.807) is 12.4 Å². The molecule has 0 bridgehead atoms. The first-order valence-electron chi connectivity index (χ1n) is 11.0. The van der Waals surface area contributed by atoms with Gasteiger partial charge in [-0.25, -0.2) is 15.0 Å². The molecule has 1 aliphatic carbocycles. The van der Waals surface area contributed by atoms with Crippen LogP contribution < -0.4 is 10.6 Å². The molecule has 1 amide bonds. The number of oxazole rings is 1. The second kappa shape index (κ2) is 8.13. The minimum absolute atomic E-state index is 0.00220. The first-order chi connectivity index (χ1) is 15.1. The smallest absolute Gasteiger partial charge is 0.227 e. The fourth-order valence-electron chi connectivity index (χ4n) is 4.39. The van der Waals surface area contributed by atoms with Crippen LogP contribution in [0.4, 0.5) is 11.6 Å². The zero-order chi connectivity index (χ0) is 21.4. The number of amides is 1. The third-order valence-corrected chi connectivity index (χ3v) is 6.13. The van der Waals surface area contributed by atoms with Crippen LogP contribution >= 0.6 is 0 Å². The maximum atomic E-state index is 12.4.